The van der Waals surface area contributed by atoms with Crippen molar-refractivity contribution in [3.05, 3.63) is 11.2 Å². The molecule has 5 nitrogen and oxygen atoms in total. The van der Waals surface area contributed by atoms with Crippen LogP contribution in [0.4, 0.5) is 0 Å². The van der Waals surface area contributed by atoms with Crippen LogP contribution in [0.25, 0.3) is 0 Å². The van der Waals surface area contributed by atoms with Gasteiger partial charge in [0.1, 0.15) is 17.0 Å². The average molecular weight is 217 g/mol. The van der Waals surface area contributed by atoms with Gasteiger partial charge in [-0.25, -0.2) is 4.68 Å². The van der Waals surface area contributed by atoms with Crippen molar-refractivity contribution >= 4 is 17.6 Å². The van der Waals surface area contributed by atoms with E-state index in [4.69, 9.17) is 21.4 Å². The Morgan fingerprint density at radius 1 is 1.86 bits per heavy atom. The Kier molecular flexibility index (Phi) is 1.92. The predicted molar refractivity (Wildman–Crippen MR) is 48.5 cm³/mol. The highest BCUT2D eigenvalue weighted by Crippen LogP contribution is 2.33. The summed E-state index contributed by atoms with van der Waals surface area (Å²) in [6.45, 7) is 2.02. The van der Waals surface area contributed by atoms with Crippen molar-refractivity contribution in [2.24, 2.45) is 5.41 Å². The van der Waals surface area contributed by atoms with E-state index >= 15 is 0 Å². The number of rotatable bonds is 1. The molecule has 0 bridgehead atoms. The number of carbonyl (C=O) groups is 1. The zero-order valence-corrected chi connectivity index (χ0v) is 8.28. The van der Waals surface area contributed by atoms with Gasteiger partial charge < -0.3 is 9.84 Å². The van der Waals surface area contributed by atoms with Gasteiger partial charge in [0.2, 0.25) is 5.88 Å². The lowest BCUT2D eigenvalue weighted by Gasteiger charge is -2.29. The number of carboxylic acid groups (broad SMARTS) is 1. The monoisotopic (exact) mass is 216 g/mol. The molecule has 1 aliphatic heterocycles. The van der Waals surface area contributed by atoms with Crippen LogP contribution in [0.2, 0.25) is 5.02 Å². The molecule has 0 aliphatic carbocycles. The van der Waals surface area contributed by atoms with Gasteiger partial charge in [0.25, 0.3) is 0 Å². The van der Waals surface area contributed by atoms with E-state index in [2.05, 4.69) is 5.10 Å². The third-order valence-corrected chi connectivity index (χ3v) is 2.55. The zero-order valence-electron chi connectivity index (χ0n) is 7.53. The summed E-state index contributed by atoms with van der Waals surface area (Å²) in [5.41, 5.74) is -0.928. The highest BCUT2D eigenvalue weighted by molar-refractivity contribution is 6.31. The molecule has 76 valence electrons. The molecule has 0 saturated carbocycles. The van der Waals surface area contributed by atoms with Gasteiger partial charge >= 0.3 is 5.97 Å². The van der Waals surface area contributed by atoms with Crippen molar-refractivity contribution in [3.8, 4) is 5.88 Å². The average Bonchev–Trinajstić information content (AvgIpc) is 2.47. The lowest BCUT2D eigenvalue weighted by molar-refractivity contribution is -0.152. The maximum atomic E-state index is 10.9. The fourth-order valence-corrected chi connectivity index (χ4v) is 1.54. The van der Waals surface area contributed by atoms with E-state index in [-0.39, 0.29) is 13.2 Å². The van der Waals surface area contributed by atoms with Crippen LogP contribution >= 0.6 is 11.6 Å². The molecule has 1 atom stereocenters. The summed E-state index contributed by atoms with van der Waals surface area (Å²) in [5, 5.41) is 13.3. The molecule has 1 aliphatic rings. The Labute approximate surface area is 85.2 Å². The second kappa shape index (κ2) is 2.88. The molecular weight excluding hydrogens is 208 g/mol. The van der Waals surface area contributed by atoms with E-state index in [1.54, 1.807) is 6.92 Å². The van der Waals surface area contributed by atoms with Crippen LogP contribution in [0.15, 0.2) is 6.20 Å². The second-order valence-corrected chi connectivity index (χ2v) is 4.02. The molecular formula is C8H9ClN2O3. The number of aromatic nitrogens is 2. The number of ether oxygens (including phenoxy) is 1. The summed E-state index contributed by atoms with van der Waals surface area (Å²) in [6.07, 6.45) is 1.45. The zero-order chi connectivity index (χ0) is 10.3. The minimum Gasteiger partial charge on any atom is -0.481 e. The number of hydrogen-bond acceptors (Lipinski definition) is 3. The topological polar surface area (TPSA) is 64.3 Å². The van der Waals surface area contributed by atoms with E-state index in [1.165, 1.54) is 10.9 Å². The Hall–Kier alpha value is -1.23. The molecule has 6 heteroatoms. The molecule has 1 N–H and O–H groups in total. The Morgan fingerprint density at radius 2 is 2.57 bits per heavy atom. The van der Waals surface area contributed by atoms with Gasteiger partial charge in [-0.15, -0.1) is 0 Å². The van der Waals surface area contributed by atoms with Crippen molar-refractivity contribution in [2.45, 2.75) is 13.5 Å². The summed E-state index contributed by atoms with van der Waals surface area (Å²) in [5.74, 6) is -0.444. The minimum absolute atomic E-state index is 0.119. The van der Waals surface area contributed by atoms with Gasteiger partial charge in [0.15, 0.2) is 0 Å². The predicted octanol–water partition coefficient (Wildman–Crippen LogP) is 1.02. The normalized spacial score (nSPS) is 25.3. The Balaban J connectivity index is 2.34. The number of halogens is 1. The molecule has 0 amide bonds. The molecule has 0 fully saturated rings. The van der Waals surface area contributed by atoms with Gasteiger partial charge in [-0.1, -0.05) is 11.6 Å². The molecule has 2 rings (SSSR count). The minimum atomic E-state index is -0.928. The maximum absolute atomic E-state index is 10.9. The van der Waals surface area contributed by atoms with Crippen LogP contribution < -0.4 is 4.74 Å². The van der Waals surface area contributed by atoms with E-state index in [0.29, 0.717) is 10.9 Å². The highest BCUT2D eigenvalue weighted by atomic mass is 35.5. The molecule has 1 aromatic rings. The van der Waals surface area contributed by atoms with Crippen molar-refractivity contribution in [1.82, 2.24) is 9.78 Å². The van der Waals surface area contributed by atoms with Crippen molar-refractivity contribution in [1.29, 1.82) is 0 Å². The van der Waals surface area contributed by atoms with Gasteiger partial charge in [-0.05, 0) is 6.92 Å². The first kappa shape index (κ1) is 9.33. The fourth-order valence-electron chi connectivity index (χ4n) is 1.34. The first-order chi connectivity index (χ1) is 6.53. The lowest BCUT2D eigenvalue weighted by atomic mass is 9.91. The van der Waals surface area contributed by atoms with Crippen LogP contribution in [-0.2, 0) is 11.3 Å². The molecule has 0 spiro atoms. The lowest BCUT2D eigenvalue weighted by Crippen LogP contribution is -2.42. The molecule has 2 heterocycles. The van der Waals surface area contributed by atoms with Crippen LogP contribution in [0.5, 0.6) is 5.88 Å². The van der Waals surface area contributed by atoms with Crippen LogP contribution in [-0.4, -0.2) is 27.5 Å². The Bertz CT molecular complexity index is 390. The van der Waals surface area contributed by atoms with Crippen molar-refractivity contribution in [3.63, 3.8) is 0 Å². The van der Waals surface area contributed by atoms with Gasteiger partial charge in [-0.3, -0.25) is 4.79 Å². The molecule has 1 unspecified atom stereocenters. The summed E-state index contributed by atoms with van der Waals surface area (Å²) < 4.78 is 6.73. The van der Waals surface area contributed by atoms with Crippen molar-refractivity contribution < 1.29 is 14.6 Å². The van der Waals surface area contributed by atoms with Gasteiger partial charge in [-0.2, -0.15) is 5.10 Å². The highest BCUT2D eigenvalue weighted by Gasteiger charge is 2.39. The molecule has 14 heavy (non-hydrogen) atoms. The molecule has 0 saturated heterocycles. The number of fused-ring (bicyclic) bond motifs is 1. The molecule has 1 aromatic heterocycles. The number of hydrogen-bond donors (Lipinski definition) is 1. The largest absolute Gasteiger partial charge is 0.481 e. The second-order valence-electron chi connectivity index (χ2n) is 3.61. The molecule has 0 aromatic carbocycles. The van der Waals surface area contributed by atoms with Gasteiger partial charge in [0.05, 0.1) is 12.7 Å². The van der Waals surface area contributed by atoms with E-state index in [9.17, 15) is 4.79 Å². The Morgan fingerprint density at radius 3 is 3.21 bits per heavy atom. The van der Waals surface area contributed by atoms with E-state index in [0.717, 1.165) is 0 Å². The van der Waals surface area contributed by atoms with Gasteiger partial charge in [0, 0.05) is 0 Å². The number of aliphatic carboxylic acids is 1. The summed E-state index contributed by atoms with van der Waals surface area (Å²) in [4.78, 5) is 10.9. The fraction of sp³-hybridized carbons (Fsp3) is 0.500. The summed E-state index contributed by atoms with van der Waals surface area (Å²) >= 11 is 5.77. The number of carboxylic acids is 1. The standard InChI is InChI=1S/C8H9ClN2O3/c1-8(7(12)13)3-11-6(14-4-8)5(9)2-10-11/h2H,3-4H2,1H3,(H,12,13). The first-order valence-electron chi connectivity index (χ1n) is 4.10. The summed E-state index contributed by atoms with van der Waals surface area (Å²) in [7, 11) is 0. The number of nitrogens with zero attached hydrogens (tertiary/aromatic N) is 2. The maximum Gasteiger partial charge on any atom is 0.314 e. The van der Waals surface area contributed by atoms with Crippen LogP contribution in [0, 0.1) is 5.41 Å². The van der Waals surface area contributed by atoms with Crippen LogP contribution in [0.1, 0.15) is 6.92 Å². The molecule has 0 radical (unpaired) electrons. The van der Waals surface area contributed by atoms with E-state index < -0.39 is 11.4 Å². The third kappa shape index (κ3) is 1.24. The third-order valence-electron chi connectivity index (χ3n) is 2.29. The summed E-state index contributed by atoms with van der Waals surface area (Å²) in [6, 6.07) is 0. The quantitative estimate of drug-likeness (QED) is 0.761. The van der Waals surface area contributed by atoms with Crippen molar-refractivity contribution in [2.75, 3.05) is 6.61 Å². The van der Waals surface area contributed by atoms with Crippen LogP contribution in [0.3, 0.4) is 0 Å². The smallest absolute Gasteiger partial charge is 0.314 e. The SMILES string of the molecule is CC1(C(=O)O)COc2c(Cl)cnn2C1. The first-order valence-corrected chi connectivity index (χ1v) is 4.48. The van der Waals surface area contributed by atoms with E-state index in [1.807, 2.05) is 0 Å².